The van der Waals surface area contributed by atoms with Crippen molar-refractivity contribution in [3.05, 3.63) is 59.2 Å². The minimum Gasteiger partial charge on any atom is -0.481 e. The summed E-state index contributed by atoms with van der Waals surface area (Å²) < 4.78 is 0. The summed E-state index contributed by atoms with van der Waals surface area (Å²) in [6, 6.07) is 13.1. The molecule has 2 rings (SSSR count). The smallest absolute Gasteiger partial charge is 0.310 e. The van der Waals surface area contributed by atoms with Crippen LogP contribution >= 0.6 is 11.8 Å². The van der Waals surface area contributed by atoms with Gasteiger partial charge in [0.25, 0.3) is 0 Å². The van der Waals surface area contributed by atoms with Crippen LogP contribution in [0.15, 0.2) is 52.3 Å². The first-order valence-corrected chi connectivity index (χ1v) is 8.00. The van der Waals surface area contributed by atoms with Gasteiger partial charge in [-0.3, -0.25) is 9.59 Å². The van der Waals surface area contributed by atoms with E-state index in [0.717, 1.165) is 26.5 Å². The van der Waals surface area contributed by atoms with Crippen LogP contribution in [0, 0.1) is 6.92 Å². The number of hydrogen-bond donors (Lipinski definition) is 2. The summed E-state index contributed by atoms with van der Waals surface area (Å²) in [4.78, 5) is 23.8. The monoisotopic (exact) mass is 330 g/mol. The predicted octanol–water partition coefficient (Wildman–Crippen LogP) is 3.96. The molecule has 1 atom stereocenters. The van der Waals surface area contributed by atoms with Gasteiger partial charge in [-0.1, -0.05) is 41.6 Å². The fourth-order valence-electron chi connectivity index (χ4n) is 2.20. The average Bonchev–Trinajstić information content (AvgIpc) is 2.49. The average molecular weight is 330 g/mol. The van der Waals surface area contributed by atoms with Crippen molar-refractivity contribution in [1.29, 1.82) is 0 Å². The van der Waals surface area contributed by atoms with Crippen molar-refractivity contribution < 1.29 is 19.8 Å². The van der Waals surface area contributed by atoms with Crippen molar-refractivity contribution in [3.8, 4) is 0 Å². The van der Waals surface area contributed by atoms with Crippen LogP contribution in [0.25, 0.3) is 0 Å². The van der Waals surface area contributed by atoms with Gasteiger partial charge in [-0.25, -0.2) is 0 Å². The van der Waals surface area contributed by atoms with Crippen LogP contribution in [0.1, 0.15) is 29.5 Å². The van der Waals surface area contributed by atoms with Crippen LogP contribution in [0.5, 0.6) is 0 Å². The molecule has 2 aromatic rings. The van der Waals surface area contributed by atoms with Gasteiger partial charge in [0.1, 0.15) is 0 Å². The number of carbonyl (C=O) groups is 2. The number of rotatable bonds is 6. The van der Waals surface area contributed by atoms with Crippen LogP contribution in [0.4, 0.5) is 0 Å². The summed E-state index contributed by atoms with van der Waals surface area (Å²) >= 11 is 1.48. The number of aryl methyl sites for hydroxylation is 1. The molecule has 2 aromatic carbocycles. The van der Waals surface area contributed by atoms with Gasteiger partial charge in [0.15, 0.2) is 0 Å². The van der Waals surface area contributed by atoms with Crippen molar-refractivity contribution >= 4 is 23.7 Å². The minimum absolute atomic E-state index is 0.0157. The lowest BCUT2D eigenvalue weighted by molar-refractivity contribution is -0.138. The lowest BCUT2D eigenvalue weighted by Crippen LogP contribution is -2.06. The van der Waals surface area contributed by atoms with Crippen molar-refractivity contribution in [2.45, 2.75) is 36.0 Å². The lowest BCUT2D eigenvalue weighted by atomic mass is 10.0. The topological polar surface area (TPSA) is 74.6 Å². The summed E-state index contributed by atoms with van der Waals surface area (Å²) in [5.41, 5.74) is 2.55. The molecule has 120 valence electrons. The first kappa shape index (κ1) is 17.1. The molecule has 4 nitrogen and oxygen atoms in total. The molecular formula is C18H18O4S. The minimum atomic E-state index is -0.858. The van der Waals surface area contributed by atoms with Crippen LogP contribution in [0.2, 0.25) is 0 Å². The highest BCUT2D eigenvalue weighted by Crippen LogP contribution is 2.32. The van der Waals surface area contributed by atoms with E-state index >= 15 is 0 Å². The van der Waals surface area contributed by atoms with Crippen LogP contribution in [-0.2, 0) is 16.0 Å². The van der Waals surface area contributed by atoms with E-state index in [1.807, 2.05) is 37.3 Å². The van der Waals surface area contributed by atoms with Crippen molar-refractivity contribution in [3.63, 3.8) is 0 Å². The van der Waals surface area contributed by atoms with Gasteiger partial charge in [0.05, 0.1) is 12.3 Å². The first-order valence-electron chi connectivity index (χ1n) is 7.18. The van der Waals surface area contributed by atoms with Crippen LogP contribution < -0.4 is 0 Å². The SMILES string of the molecule is Cc1ccc(Sc2ccc([C@H](C)C(=O)O)cc2)c(CC(=O)O)c1. The molecule has 0 aliphatic carbocycles. The molecule has 0 fully saturated rings. The Balaban J connectivity index is 2.22. The van der Waals surface area contributed by atoms with Gasteiger partial charge in [0, 0.05) is 9.79 Å². The summed E-state index contributed by atoms with van der Waals surface area (Å²) in [6.07, 6.45) is -0.0157. The molecule has 0 aliphatic rings. The zero-order valence-corrected chi connectivity index (χ0v) is 13.8. The molecule has 0 bridgehead atoms. The second kappa shape index (κ2) is 7.33. The summed E-state index contributed by atoms with van der Waals surface area (Å²) in [5, 5.41) is 18.1. The van der Waals surface area contributed by atoms with Crippen LogP contribution in [0.3, 0.4) is 0 Å². The van der Waals surface area contributed by atoms with E-state index in [0.29, 0.717) is 0 Å². The Kier molecular flexibility index (Phi) is 5.45. The number of carboxylic acids is 2. The standard InChI is InChI=1S/C18H18O4S/c1-11-3-8-16(14(9-11)10-17(19)20)23-15-6-4-13(5-7-15)12(2)18(21)22/h3-9,12H,10H2,1-2H3,(H,19,20)(H,21,22)/t12-/m0/s1. The Morgan fingerprint density at radius 1 is 1.09 bits per heavy atom. The first-order chi connectivity index (χ1) is 10.9. The van der Waals surface area contributed by atoms with E-state index in [-0.39, 0.29) is 6.42 Å². The highest BCUT2D eigenvalue weighted by atomic mass is 32.2. The Hall–Kier alpha value is -2.27. The molecule has 0 aliphatic heterocycles. The molecule has 5 heteroatoms. The van der Waals surface area contributed by atoms with E-state index in [4.69, 9.17) is 10.2 Å². The van der Waals surface area contributed by atoms with Crippen LogP contribution in [-0.4, -0.2) is 22.2 Å². The summed E-state index contributed by atoms with van der Waals surface area (Å²) in [5.74, 6) is -2.26. The van der Waals surface area contributed by atoms with E-state index < -0.39 is 17.9 Å². The van der Waals surface area contributed by atoms with E-state index in [1.54, 1.807) is 19.1 Å². The van der Waals surface area contributed by atoms with Crippen molar-refractivity contribution in [1.82, 2.24) is 0 Å². The number of benzene rings is 2. The third-order valence-corrected chi connectivity index (χ3v) is 4.66. The van der Waals surface area contributed by atoms with Gasteiger partial charge in [-0.15, -0.1) is 0 Å². The Morgan fingerprint density at radius 2 is 1.74 bits per heavy atom. The third-order valence-electron chi connectivity index (χ3n) is 3.54. The fourth-order valence-corrected chi connectivity index (χ4v) is 3.13. The number of aliphatic carboxylic acids is 2. The summed E-state index contributed by atoms with van der Waals surface area (Å²) in [7, 11) is 0. The second-order valence-corrected chi connectivity index (χ2v) is 6.53. The second-order valence-electron chi connectivity index (χ2n) is 5.41. The van der Waals surface area contributed by atoms with Gasteiger partial charge in [0.2, 0.25) is 0 Å². The quantitative estimate of drug-likeness (QED) is 0.838. The van der Waals surface area contributed by atoms with Gasteiger partial charge >= 0.3 is 11.9 Å². The van der Waals surface area contributed by atoms with E-state index in [9.17, 15) is 9.59 Å². The maximum Gasteiger partial charge on any atom is 0.310 e. The van der Waals surface area contributed by atoms with Gasteiger partial charge in [-0.2, -0.15) is 0 Å². The zero-order valence-electron chi connectivity index (χ0n) is 12.9. The molecule has 0 spiro atoms. The molecule has 0 amide bonds. The maximum absolute atomic E-state index is 11.0. The largest absolute Gasteiger partial charge is 0.481 e. The summed E-state index contributed by atoms with van der Waals surface area (Å²) in [6.45, 7) is 3.58. The number of hydrogen-bond acceptors (Lipinski definition) is 3. The molecule has 0 aromatic heterocycles. The fraction of sp³-hybridized carbons (Fsp3) is 0.222. The number of carboxylic acid groups (broad SMARTS) is 2. The Bertz CT molecular complexity index is 722. The highest BCUT2D eigenvalue weighted by molar-refractivity contribution is 7.99. The van der Waals surface area contributed by atoms with Gasteiger partial charge < -0.3 is 10.2 Å². The molecule has 0 saturated carbocycles. The van der Waals surface area contributed by atoms with Crippen molar-refractivity contribution in [2.24, 2.45) is 0 Å². The molecule has 0 unspecified atom stereocenters. The lowest BCUT2D eigenvalue weighted by Gasteiger charge is -2.10. The normalized spacial score (nSPS) is 11.9. The Morgan fingerprint density at radius 3 is 2.30 bits per heavy atom. The Labute approximate surface area is 139 Å². The predicted molar refractivity (Wildman–Crippen MR) is 89.1 cm³/mol. The molecule has 23 heavy (non-hydrogen) atoms. The van der Waals surface area contributed by atoms with Gasteiger partial charge in [-0.05, 0) is 43.2 Å². The van der Waals surface area contributed by atoms with E-state index in [1.165, 1.54) is 11.8 Å². The highest BCUT2D eigenvalue weighted by Gasteiger charge is 2.14. The molecular weight excluding hydrogens is 312 g/mol. The zero-order chi connectivity index (χ0) is 17.0. The molecule has 0 saturated heterocycles. The molecule has 0 radical (unpaired) electrons. The van der Waals surface area contributed by atoms with Crippen molar-refractivity contribution in [2.75, 3.05) is 0 Å². The maximum atomic E-state index is 11.0. The molecule has 2 N–H and O–H groups in total. The molecule has 0 heterocycles. The van der Waals surface area contributed by atoms with E-state index in [2.05, 4.69) is 0 Å². The third kappa shape index (κ3) is 4.60.